The quantitative estimate of drug-likeness (QED) is 0.486. The fraction of sp³-hybridized carbons (Fsp3) is 0.182. The van der Waals surface area contributed by atoms with Gasteiger partial charge < -0.3 is 10.6 Å². The highest BCUT2D eigenvalue weighted by atomic mass is 35.5. The zero-order valence-corrected chi connectivity index (χ0v) is 17.7. The van der Waals surface area contributed by atoms with Gasteiger partial charge in [0.15, 0.2) is 0 Å². The number of amides is 2. The van der Waals surface area contributed by atoms with Crippen molar-refractivity contribution in [2.75, 3.05) is 10.6 Å². The van der Waals surface area contributed by atoms with Crippen molar-refractivity contribution in [2.24, 2.45) is 0 Å². The van der Waals surface area contributed by atoms with Crippen LogP contribution in [0.5, 0.6) is 0 Å². The normalized spacial score (nSPS) is 10.8. The van der Waals surface area contributed by atoms with Crippen LogP contribution in [0.15, 0.2) is 48.5 Å². The van der Waals surface area contributed by atoms with Crippen LogP contribution in [0, 0.1) is 12.7 Å². The Bertz CT molecular complexity index is 1060. The summed E-state index contributed by atoms with van der Waals surface area (Å²) in [5.41, 5.74) is 2.80. The maximum atomic E-state index is 13.2. The first kappa shape index (κ1) is 21.0. The molecule has 3 rings (SSSR count). The Labute approximate surface area is 177 Å². The number of benzene rings is 2. The smallest absolute Gasteiger partial charge is 0.266 e. The summed E-state index contributed by atoms with van der Waals surface area (Å²) in [7, 11) is 0. The van der Waals surface area contributed by atoms with Crippen molar-refractivity contribution in [2.45, 2.75) is 26.7 Å². The van der Waals surface area contributed by atoms with Crippen LogP contribution in [-0.2, 0) is 0 Å². The second-order valence-corrected chi connectivity index (χ2v) is 8.39. The molecule has 2 aromatic carbocycles. The predicted octanol–water partition coefficient (Wildman–Crippen LogP) is 6.48. The van der Waals surface area contributed by atoms with E-state index < -0.39 is 11.7 Å². The van der Waals surface area contributed by atoms with Gasteiger partial charge in [0.1, 0.15) is 5.82 Å². The highest BCUT2D eigenvalue weighted by molar-refractivity contribution is 7.18. The molecule has 1 heterocycles. The molecule has 4 nitrogen and oxygen atoms in total. The minimum absolute atomic E-state index is 0.0265. The standard InChI is InChI=1S/C22H20ClFN2O2S/c1-12(2)14-4-7-16(8-5-14)25-22(28)20-13(3)10-19(29-20)26-21(27)17-9-6-15(24)11-18(17)23/h4-12H,1-3H3,(H,25,28)(H,26,27). The molecule has 7 heteroatoms. The summed E-state index contributed by atoms with van der Waals surface area (Å²) in [4.78, 5) is 25.5. The van der Waals surface area contributed by atoms with Crippen LogP contribution in [0.4, 0.5) is 15.1 Å². The van der Waals surface area contributed by atoms with E-state index in [4.69, 9.17) is 11.6 Å². The monoisotopic (exact) mass is 430 g/mol. The van der Waals surface area contributed by atoms with E-state index in [1.807, 2.05) is 24.3 Å². The molecule has 2 N–H and O–H groups in total. The molecule has 0 fully saturated rings. The zero-order valence-electron chi connectivity index (χ0n) is 16.2. The first-order chi connectivity index (χ1) is 13.7. The fourth-order valence-electron chi connectivity index (χ4n) is 2.76. The molecule has 150 valence electrons. The van der Waals surface area contributed by atoms with Crippen LogP contribution in [-0.4, -0.2) is 11.8 Å². The minimum Gasteiger partial charge on any atom is -0.321 e. The van der Waals surface area contributed by atoms with E-state index >= 15 is 0 Å². The van der Waals surface area contributed by atoms with Crippen LogP contribution < -0.4 is 10.6 Å². The molecule has 0 saturated carbocycles. The Morgan fingerprint density at radius 1 is 1.00 bits per heavy atom. The number of hydrogen-bond acceptors (Lipinski definition) is 3. The molecule has 0 aliphatic carbocycles. The molecule has 0 aliphatic rings. The number of anilines is 2. The van der Waals surface area contributed by atoms with Gasteiger partial charge in [0.05, 0.1) is 20.5 Å². The van der Waals surface area contributed by atoms with Crippen molar-refractivity contribution in [3.05, 3.63) is 80.9 Å². The predicted molar refractivity (Wildman–Crippen MR) is 117 cm³/mol. The van der Waals surface area contributed by atoms with Crippen LogP contribution in [0.1, 0.15) is 50.9 Å². The van der Waals surface area contributed by atoms with Gasteiger partial charge in [-0.25, -0.2) is 4.39 Å². The van der Waals surface area contributed by atoms with E-state index in [1.54, 1.807) is 13.0 Å². The Kier molecular flexibility index (Phi) is 6.35. The average Bonchev–Trinajstić information content (AvgIpc) is 3.02. The molecule has 2 amide bonds. The minimum atomic E-state index is -0.515. The Hall–Kier alpha value is -2.70. The highest BCUT2D eigenvalue weighted by Crippen LogP contribution is 2.29. The van der Waals surface area contributed by atoms with Gasteiger partial charge in [0.2, 0.25) is 0 Å². The molecule has 29 heavy (non-hydrogen) atoms. The number of aryl methyl sites for hydroxylation is 1. The molecule has 0 spiro atoms. The Morgan fingerprint density at radius 2 is 1.69 bits per heavy atom. The molecular weight excluding hydrogens is 411 g/mol. The summed E-state index contributed by atoms with van der Waals surface area (Å²) in [6.07, 6.45) is 0. The third-order valence-electron chi connectivity index (χ3n) is 4.37. The summed E-state index contributed by atoms with van der Waals surface area (Å²) in [6, 6.07) is 13.0. The van der Waals surface area contributed by atoms with E-state index in [0.29, 0.717) is 21.5 Å². The van der Waals surface area contributed by atoms with E-state index in [2.05, 4.69) is 24.5 Å². The summed E-state index contributed by atoms with van der Waals surface area (Å²) >= 11 is 7.10. The number of carbonyl (C=O) groups excluding carboxylic acids is 2. The number of nitrogens with one attached hydrogen (secondary N) is 2. The third-order valence-corrected chi connectivity index (χ3v) is 5.84. The molecule has 0 saturated heterocycles. The molecule has 0 bridgehead atoms. The van der Waals surface area contributed by atoms with E-state index in [0.717, 1.165) is 11.6 Å². The second-order valence-electron chi connectivity index (χ2n) is 6.93. The topological polar surface area (TPSA) is 58.2 Å². The molecule has 0 aliphatic heterocycles. The van der Waals surface area contributed by atoms with E-state index in [1.165, 1.54) is 29.0 Å². The van der Waals surface area contributed by atoms with Crippen molar-refractivity contribution in [1.82, 2.24) is 0 Å². The number of rotatable bonds is 5. The lowest BCUT2D eigenvalue weighted by Gasteiger charge is -2.08. The van der Waals surface area contributed by atoms with Gasteiger partial charge in [-0.3, -0.25) is 9.59 Å². The van der Waals surface area contributed by atoms with Crippen LogP contribution in [0.3, 0.4) is 0 Å². The van der Waals surface area contributed by atoms with E-state index in [9.17, 15) is 14.0 Å². The lowest BCUT2D eigenvalue weighted by Crippen LogP contribution is -2.12. The van der Waals surface area contributed by atoms with Crippen LogP contribution >= 0.6 is 22.9 Å². The largest absolute Gasteiger partial charge is 0.321 e. The van der Waals surface area contributed by atoms with Crippen molar-refractivity contribution in [3.63, 3.8) is 0 Å². The first-order valence-electron chi connectivity index (χ1n) is 9.02. The molecule has 3 aromatic rings. The van der Waals surface area contributed by atoms with Gasteiger partial charge in [-0.05, 0) is 60.4 Å². The highest BCUT2D eigenvalue weighted by Gasteiger charge is 2.17. The van der Waals surface area contributed by atoms with Gasteiger partial charge in [-0.15, -0.1) is 11.3 Å². The maximum absolute atomic E-state index is 13.2. The number of carbonyl (C=O) groups is 2. The van der Waals surface area contributed by atoms with Crippen LogP contribution in [0.2, 0.25) is 5.02 Å². The van der Waals surface area contributed by atoms with Crippen molar-refractivity contribution in [1.29, 1.82) is 0 Å². The second kappa shape index (κ2) is 8.76. The number of hydrogen-bond donors (Lipinski definition) is 2. The van der Waals surface area contributed by atoms with Gasteiger partial charge in [-0.1, -0.05) is 37.6 Å². The van der Waals surface area contributed by atoms with Gasteiger partial charge >= 0.3 is 0 Å². The number of thiophene rings is 1. The lowest BCUT2D eigenvalue weighted by atomic mass is 10.0. The lowest BCUT2D eigenvalue weighted by molar-refractivity contribution is 0.102. The van der Waals surface area contributed by atoms with Crippen molar-refractivity contribution in [3.8, 4) is 0 Å². The van der Waals surface area contributed by atoms with Crippen molar-refractivity contribution >= 4 is 45.4 Å². The van der Waals surface area contributed by atoms with Crippen LogP contribution in [0.25, 0.3) is 0 Å². The summed E-state index contributed by atoms with van der Waals surface area (Å²) in [5.74, 6) is -0.809. The summed E-state index contributed by atoms with van der Waals surface area (Å²) in [5, 5.41) is 6.12. The third kappa shape index (κ3) is 5.02. The molecule has 0 atom stereocenters. The maximum Gasteiger partial charge on any atom is 0.266 e. The molecular formula is C22H20ClFN2O2S. The Balaban J connectivity index is 1.72. The molecule has 0 radical (unpaired) electrons. The van der Waals surface area contributed by atoms with Gasteiger partial charge in [-0.2, -0.15) is 0 Å². The fourth-order valence-corrected chi connectivity index (χ4v) is 3.98. The van der Waals surface area contributed by atoms with Gasteiger partial charge in [0, 0.05) is 5.69 Å². The SMILES string of the molecule is Cc1cc(NC(=O)c2ccc(F)cc2Cl)sc1C(=O)Nc1ccc(C(C)C)cc1. The molecule has 0 unspecified atom stereocenters. The van der Waals surface area contributed by atoms with E-state index in [-0.39, 0.29) is 16.5 Å². The van der Waals surface area contributed by atoms with Crippen molar-refractivity contribution < 1.29 is 14.0 Å². The van der Waals surface area contributed by atoms with Gasteiger partial charge in [0.25, 0.3) is 11.8 Å². The first-order valence-corrected chi connectivity index (χ1v) is 10.2. The summed E-state index contributed by atoms with van der Waals surface area (Å²) < 4.78 is 13.2. The Morgan fingerprint density at radius 3 is 2.31 bits per heavy atom. The average molecular weight is 431 g/mol. The summed E-state index contributed by atoms with van der Waals surface area (Å²) in [6.45, 7) is 6.02. The zero-order chi connectivity index (χ0) is 21.1. The number of halogens is 2. The molecule has 1 aromatic heterocycles.